The standard InChI is InChI=1S/C30H41N3O7S/c1-18-23(28(34)31-21-14-20(15-21)29(35)36)16-24(33(18)17-19-8-6-5-7-9-19)22-10-11-25(27-26(22)39-12-13-40-27)41(37,38)32-30(2,3)4/h10-11,16,19-21,32H,5-9,12-15,17H2,1-4H3,(H,31,34)(H,35,36)/t20-,21-. The van der Waals surface area contributed by atoms with Crippen LogP contribution in [0.15, 0.2) is 23.1 Å². The molecule has 11 heteroatoms. The number of fused-ring (bicyclic) bond motifs is 1. The first kappa shape index (κ1) is 29.4. The largest absolute Gasteiger partial charge is 0.485 e. The number of rotatable bonds is 8. The molecule has 5 rings (SSSR count). The summed E-state index contributed by atoms with van der Waals surface area (Å²) in [6.45, 7) is 8.50. The van der Waals surface area contributed by atoms with Crippen molar-refractivity contribution in [3.8, 4) is 22.8 Å². The Labute approximate surface area is 241 Å². The van der Waals surface area contributed by atoms with Gasteiger partial charge >= 0.3 is 5.97 Å². The third-order valence-corrected chi connectivity index (χ3v) is 10.0. The van der Waals surface area contributed by atoms with E-state index in [1.807, 2.05) is 13.0 Å². The summed E-state index contributed by atoms with van der Waals surface area (Å²) in [5, 5.41) is 12.2. The molecule has 41 heavy (non-hydrogen) atoms. The van der Waals surface area contributed by atoms with Gasteiger partial charge in [-0.25, -0.2) is 13.1 Å². The molecular weight excluding hydrogens is 546 g/mol. The Morgan fingerprint density at radius 2 is 1.71 bits per heavy atom. The third-order valence-electron chi connectivity index (χ3n) is 8.26. The van der Waals surface area contributed by atoms with Gasteiger partial charge in [-0.2, -0.15) is 0 Å². The van der Waals surface area contributed by atoms with Gasteiger partial charge < -0.3 is 24.5 Å². The lowest BCUT2D eigenvalue weighted by atomic mass is 9.80. The van der Waals surface area contributed by atoms with Gasteiger partial charge in [-0.15, -0.1) is 0 Å². The molecule has 2 aromatic rings. The molecule has 0 atom stereocenters. The van der Waals surface area contributed by atoms with Gasteiger partial charge in [-0.1, -0.05) is 19.3 Å². The second kappa shape index (κ2) is 11.3. The first-order valence-corrected chi connectivity index (χ1v) is 16.0. The minimum Gasteiger partial charge on any atom is -0.485 e. The SMILES string of the molecule is Cc1c(C(=O)N[C@H]2C[C@H](C(=O)O)C2)cc(-c2ccc(S(=O)(=O)NC(C)(C)C)c3c2OCCO3)n1CC1CCCCC1. The van der Waals surface area contributed by atoms with Crippen LogP contribution < -0.4 is 19.5 Å². The molecule has 2 aliphatic carbocycles. The number of aromatic nitrogens is 1. The molecule has 0 unspecified atom stereocenters. The smallest absolute Gasteiger partial charge is 0.306 e. The molecule has 0 bridgehead atoms. The van der Waals surface area contributed by atoms with Crippen LogP contribution in [0.5, 0.6) is 11.5 Å². The highest BCUT2D eigenvalue weighted by Gasteiger charge is 2.37. The van der Waals surface area contributed by atoms with Crippen molar-refractivity contribution in [3.05, 3.63) is 29.5 Å². The van der Waals surface area contributed by atoms with Crippen LogP contribution in [-0.4, -0.2) is 54.8 Å². The summed E-state index contributed by atoms with van der Waals surface area (Å²) >= 11 is 0. The van der Waals surface area contributed by atoms with Gasteiger partial charge in [0.15, 0.2) is 11.5 Å². The number of amides is 1. The highest BCUT2D eigenvalue weighted by molar-refractivity contribution is 7.89. The average Bonchev–Trinajstić information content (AvgIpc) is 3.19. The molecule has 1 aliphatic heterocycles. The van der Waals surface area contributed by atoms with Crippen LogP contribution in [-0.2, 0) is 21.4 Å². The Balaban J connectivity index is 1.55. The number of carbonyl (C=O) groups excluding carboxylic acids is 1. The van der Waals surface area contributed by atoms with Gasteiger partial charge in [0.25, 0.3) is 5.91 Å². The van der Waals surface area contributed by atoms with Crippen LogP contribution in [0.3, 0.4) is 0 Å². The van der Waals surface area contributed by atoms with Gasteiger partial charge in [0.1, 0.15) is 18.1 Å². The van der Waals surface area contributed by atoms with E-state index in [2.05, 4.69) is 14.6 Å². The summed E-state index contributed by atoms with van der Waals surface area (Å²) in [4.78, 5) is 24.7. The zero-order valence-corrected chi connectivity index (χ0v) is 25.1. The Hall–Kier alpha value is -3.05. The summed E-state index contributed by atoms with van der Waals surface area (Å²) in [5.74, 6) is -0.489. The number of carboxylic acids is 1. The molecule has 2 saturated carbocycles. The van der Waals surface area contributed by atoms with Crippen LogP contribution in [0.25, 0.3) is 11.3 Å². The number of sulfonamides is 1. The molecule has 0 radical (unpaired) electrons. The Bertz CT molecular complexity index is 1430. The van der Waals surface area contributed by atoms with Crippen LogP contribution in [0.4, 0.5) is 0 Å². The molecule has 10 nitrogen and oxygen atoms in total. The van der Waals surface area contributed by atoms with E-state index < -0.39 is 27.4 Å². The number of nitrogens with zero attached hydrogens (tertiary/aromatic N) is 1. The third kappa shape index (κ3) is 6.25. The summed E-state index contributed by atoms with van der Waals surface area (Å²) in [7, 11) is -3.90. The first-order chi connectivity index (χ1) is 19.3. The molecule has 2 fully saturated rings. The summed E-state index contributed by atoms with van der Waals surface area (Å²) in [6.07, 6.45) is 6.67. The van der Waals surface area contributed by atoms with E-state index in [9.17, 15) is 23.1 Å². The number of benzene rings is 1. The number of nitrogens with one attached hydrogen (secondary N) is 2. The number of ether oxygens (including phenoxy) is 2. The number of hydrogen-bond acceptors (Lipinski definition) is 6. The zero-order chi connectivity index (χ0) is 29.5. The molecule has 1 amide bonds. The average molecular weight is 588 g/mol. The fourth-order valence-electron chi connectivity index (χ4n) is 6.15. The van der Waals surface area contributed by atoms with E-state index >= 15 is 0 Å². The molecule has 0 saturated heterocycles. The Morgan fingerprint density at radius 1 is 1.05 bits per heavy atom. The minimum absolute atomic E-state index is 0.0175. The zero-order valence-electron chi connectivity index (χ0n) is 24.3. The topological polar surface area (TPSA) is 136 Å². The molecule has 1 aromatic heterocycles. The van der Waals surface area contributed by atoms with Gasteiger partial charge in [0, 0.05) is 29.4 Å². The molecule has 3 N–H and O–H groups in total. The van der Waals surface area contributed by atoms with Crippen molar-refractivity contribution in [1.29, 1.82) is 0 Å². The molecule has 3 aliphatic rings. The number of aliphatic carboxylic acids is 1. The van der Waals surface area contributed by atoms with Gasteiger partial charge in [0.2, 0.25) is 10.0 Å². The fraction of sp³-hybridized carbons (Fsp3) is 0.600. The van der Waals surface area contributed by atoms with E-state index in [1.165, 1.54) is 19.3 Å². The number of carbonyl (C=O) groups is 2. The van der Waals surface area contributed by atoms with Crippen LogP contribution in [0, 0.1) is 18.8 Å². The lowest BCUT2D eigenvalue weighted by Crippen LogP contribution is -2.46. The monoisotopic (exact) mass is 587 g/mol. The van der Waals surface area contributed by atoms with E-state index in [4.69, 9.17) is 9.47 Å². The maximum absolute atomic E-state index is 13.4. The number of carboxylic acid groups (broad SMARTS) is 1. The predicted molar refractivity (Wildman–Crippen MR) is 154 cm³/mol. The lowest BCUT2D eigenvalue weighted by Gasteiger charge is -2.32. The van der Waals surface area contributed by atoms with Crippen LogP contribution in [0.1, 0.15) is 81.8 Å². The van der Waals surface area contributed by atoms with Crippen molar-refractivity contribution >= 4 is 21.9 Å². The van der Waals surface area contributed by atoms with Crippen LogP contribution in [0.2, 0.25) is 0 Å². The van der Waals surface area contributed by atoms with E-state index in [-0.39, 0.29) is 35.8 Å². The van der Waals surface area contributed by atoms with E-state index in [0.717, 1.165) is 30.8 Å². The molecule has 0 spiro atoms. The first-order valence-electron chi connectivity index (χ1n) is 14.5. The molecule has 224 valence electrons. The van der Waals surface area contributed by atoms with E-state index in [1.54, 1.807) is 32.9 Å². The second-order valence-corrected chi connectivity index (χ2v) is 14.3. The second-order valence-electron chi connectivity index (χ2n) is 12.6. The van der Waals surface area contributed by atoms with Gasteiger partial charge in [0.05, 0.1) is 17.2 Å². The quantitative estimate of drug-likeness (QED) is 0.414. The predicted octanol–water partition coefficient (Wildman–Crippen LogP) is 4.48. The van der Waals surface area contributed by atoms with Crippen molar-refractivity contribution in [1.82, 2.24) is 14.6 Å². The summed E-state index contributed by atoms with van der Waals surface area (Å²) < 4.78 is 43.4. The molecular formula is C30H41N3O7S. The van der Waals surface area contributed by atoms with Gasteiger partial charge in [-0.3, -0.25) is 9.59 Å². The highest BCUT2D eigenvalue weighted by Crippen LogP contribution is 2.45. The van der Waals surface area contributed by atoms with Gasteiger partial charge in [-0.05, 0) is 77.5 Å². The summed E-state index contributed by atoms with van der Waals surface area (Å²) in [6, 6.07) is 4.96. The number of hydrogen-bond donors (Lipinski definition) is 3. The lowest BCUT2D eigenvalue weighted by molar-refractivity contribution is -0.145. The van der Waals surface area contributed by atoms with Crippen molar-refractivity contribution in [3.63, 3.8) is 0 Å². The summed E-state index contributed by atoms with van der Waals surface area (Å²) in [5.41, 5.74) is 2.09. The molecule has 1 aromatic carbocycles. The maximum atomic E-state index is 13.4. The van der Waals surface area contributed by atoms with E-state index in [0.29, 0.717) is 35.6 Å². The van der Waals surface area contributed by atoms with Crippen molar-refractivity contribution in [2.45, 2.75) is 95.7 Å². The van der Waals surface area contributed by atoms with Crippen molar-refractivity contribution in [2.24, 2.45) is 11.8 Å². The fourth-order valence-corrected chi connectivity index (χ4v) is 7.70. The van der Waals surface area contributed by atoms with Crippen molar-refractivity contribution in [2.75, 3.05) is 13.2 Å². The minimum atomic E-state index is -3.90. The Kier molecular flexibility index (Phi) is 8.13. The highest BCUT2D eigenvalue weighted by atomic mass is 32.2. The van der Waals surface area contributed by atoms with Crippen LogP contribution >= 0.6 is 0 Å². The van der Waals surface area contributed by atoms with Crippen molar-refractivity contribution < 1.29 is 32.6 Å². The molecule has 2 heterocycles. The normalized spacial score (nSPS) is 21.3. The maximum Gasteiger partial charge on any atom is 0.306 e. The Morgan fingerprint density at radius 3 is 2.34 bits per heavy atom.